The Kier molecular flexibility index (Phi) is 6.59. The molecule has 0 radical (unpaired) electrons. The second kappa shape index (κ2) is 8.25. The number of primary amides is 1. The number of rotatable bonds is 9. The molecule has 0 spiro atoms. The predicted octanol–water partition coefficient (Wildman–Crippen LogP) is 0.732. The lowest BCUT2D eigenvalue weighted by Gasteiger charge is -2.10. The van der Waals surface area contributed by atoms with Crippen molar-refractivity contribution < 1.29 is 9.53 Å². The van der Waals surface area contributed by atoms with Crippen LogP contribution in [0.4, 0.5) is 11.6 Å². The third-order valence-corrected chi connectivity index (χ3v) is 2.28. The number of aromatic nitrogens is 2. The van der Waals surface area contributed by atoms with Gasteiger partial charge in [-0.2, -0.15) is 0 Å². The Bertz CT molecular complexity index is 411. The van der Waals surface area contributed by atoms with E-state index in [4.69, 9.17) is 10.5 Å². The molecule has 0 bridgehead atoms. The van der Waals surface area contributed by atoms with Crippen molar-refractivity contribution in [3.63, 3.8) is 0 Å². The smallest absolute Gasteiger partial charge is 0.219 e. The highest BCUT2D eigenvalue weighted by atomic mass is 16.5. The average Bonchev–Trinajstić information content (AvgIpc) is 2.36. The summed E-state index contributed by atoms with van der Waals surface area (Å²) >= 11 is 0. The highest BCUT2D eigenvalue weighted by Crippen LogP contribution is 2.12. The highest BCUT2D eigenvalue weighted by Gasteiger charge is 2.04. The monoisotopic (exact) mass is 267 g/mol. The predicted molar refractivity (Wildman–Crippen MR) is 73.8 cm³/mol. The van der Waals surface area contributed by atoms with Gasteiger partial charge in [-0.1, -0.05) is 6.92 Å². The van der Waals surface area contributed by atoms with Gasteiger partial charge in [0.1, 0.15) is 18.2 Å². The second-order valence-corrected chi connectivity index (χ2v) is 4.06. The van der Waals surface area contributed by atoms with Gasteiger partial charge in [-0.05, 0) is 6.42 Å². The quantitative estimate of drug-likeness (QED) is 0.609. The van der Waals surface area contributed by atoms with E-state index < -0.39 is 0 Å². The van der Waals surface area contributed by atoms with Gasteiger partial charge in [-0.3, -0.25) is 4.79 Å². The summed E-state index contributed by atoms with van der Waals surface area (Å²) in [6, 6.07) is 1.80. The largest absolute Gasteiger partial charge is 0.377 e. The molecule has 0 saturated heterocycles. The Labute approximate surface area is 113 Å². The second-order valence-electron chi connectivity index (χ2n) is 4.06. The van der Waals surface area contributed by atoms with Crippen LogP contribution in [0.15, 0.2) is 6.07 Å². The van der Waals surface area contributed by atoms with Gasteiger partial charge in [0, 0.05) is 32.7 Å². The molecule has 106 valence electrons. The molecule has 1 aromatic heterocycles. The molecule has 19 heavy (non-hydrogen) atoms. The number of anilines is 2. The number of hydrogen-bond donors (Lipinski definition) is 3. The molecule has 1 aromatic rings. The molecule has 7 nitrogen and oxygen atoms in total. The summed E-state index contributed by atoms with van der Waals surface area (Å²) in [4.78, 5) is 19.3. The fourth-order valence-corrected chi connectivity index (χ4v) is 1.44. The normalized spacial score (nSPS) is 10.2. The minimum absolute atomic E-state index is 0.265. The van der Waals surface area contributed by atoms with Gasteiger partial charge in [-0.15, -0.1) is 0 Å². The molecule has 0 atom stereocenters. The standard InChI is InChI=1S/C12H21N5O2/c1-3-5-14-10-7-11(15-6-4-9(13)18)17-12(16-10)8-19-2/h7H,3-6,8H2,1-2H3,(H2,13,18)(H2,14,15,16,17). The molecule has 7 heteroatoms. The van der Waals surface area contributed by atoms with Gasteiger partial charge in [-0.25, -0.2) is 9.97 Å². The van der Waals surface area contributed by atoms with Crippen LogP contribution in [0.1, 0.15) is 25.6 Å². The molecule has 0 aliphatic heterocycles. The zero-order valence-electron chi connectivity index (χ0n) is 11.4. The lowest BCUT2D eigenvalue weighted by atomic mass is 10.4. The molecule has 1 rings (SSSR count). The molecule has 0 unspecified atom stereocenters. The molecule has 0 aliphatic carbocycles. The van der Waals surface area contributed by atoms with Crippen LogP contribution >= 0.6 is 0 Å². The highest BCUT2D eigenvalue weighted by molar-refractivity contribution is 5.74. The van der Waals surface area contributed by atoms with Crippen molar-refractivity contribution in [3.05, 3.63) is 11.9 Å². The first-order chi connectivity index (χ1) is 9.15. The summed E-state index contributed by atoms with van der Waals surface area (Å²) in [7, 11) is 1.59. The summed E-state index contributed by atoms with van der Waals surface area (Å²) in [5, 5.41) is 6.24. The lowest BCUT2D eigenvalue weighted by Crippen LogP contribution is -2.17. The molecule has 4 N–H and O–H groups in total. The van der Waals surface area contributed by atoms with Crippen LogP contribution in [0, 0.1) is 0 Å². The molecule has 0 saturated carbocycles. The van der Waals surface area contributed by atoms with E-state index in [0.29, 0.717) is 24.8 Å². The van der Waals surface area contributed by atoms with Crippen molar-refractivity contribution in [3.8, 4) is 0 Å². The van der Waals surface area contributed by atoms with Crippen LogP contribution in [0.3, 0.4) is 0 Å². The van der Waals surface area contributed by atoms with Gasteiger partial charge in [0.05, 0.1) is 0 Å². The van der Waals surface area contributed by atoms with E-state index >= 15 is 0 Å². The van der Waals surface area contributed by atoms with E-state index in [1.165, 1.54) is 0 Å². The van der Waals surface area contributed by atoms with Crippen molar-refractivity contribution in [2.24, 2.45) is 5.73 Å². The first-order valence-electron chi connectivity index (χ1n) is 6.28. The Morgan fingerprint density at radius 3 is 2.47 bits per heavy atom. The Balaban J connectivity index is 2.71. The number of hydrogen-bond acceptors (Lipinski definition) is 6. The molecular formula is C12H21N5O2. The van der Waals surface area contributed by atoms with Crippen LogP contribution < -0.4 is 16.4 Å². The SMILES string of the molecule is CCCNc1cc(NCCC(N)=O)nc(COC)n1. The van der Waals surface area contributed by atoms with E-state index in [-0.39, 0.29) is 12.3 Å². The number of amides is 1. The number of carbonyl (C=O) groups is 1. The molecule has 0 fully saturated rings. The Morgan fingerprint density at radius 2 is 1.95 bits per heavy atom. The van der Waals surface area contributed by atoms with E-state index in [9.17, 15) is 4.79 Å². The van der Waals surface area contributed by atoms with E-state index in [1.54, 1.807) is 13.2 Å². The van der Waals surface area contributed by atoms with Crippen molar-refractivity contribution in [2.75, 3.05) is 30.8 Å². The Morgan fingerprint density at radius 1 is 1.32 bits per heavy atom. The fraction of sp³-hybridized carbons (Fsp3) is 0.583. The zero-order chi connectivity index (χ0) is 14.1. The van der Waals surface area contributed by atoms with Crippen LogP contribution in [-0.4, -0.2) is 36.1 Å². The summed E-state index contributed by atoms with van der Waals surface area (Å²) < 4.78 is 5.03. The van der Waals surface area contributed by atoms with Gasteiger partial charge in [0.2, 0.25) is 5.91 Å². The van der Waals surface area contributed by atoms with Gasteiger partial charge in [0.15, 0.2) is 5.82 Å². The van der Waals surface area contributed by atoms with Crippen LogP contribution in [0.25, 0.3) is 0 Å². The molecule has 1 heterocycles. The first-order valence-corrected chi connectivity index (χ1v) is 6.28. The number of nitrogens with one attached hydrogen (secondary N) is 2. The Hall–Kier alpha value is -1.89. The number of carbonyl (C=O) groups excluding carboxylic acids is 1. The third-order valence-electron chi connectivity index (χ3n) is 2.28. The van der Waals surface area contributed by atoms with Gasteiger partial charge >= 0.3 is 0 Å². The van der Waals surface area contributed by atoms with Crippen molar-refractivity contribution in [1.29, 1.82) is 0 Å². The third kappa shape index (κ3) is 6.01. The summed E-state index contributed by atoms with van der Waals surface area (Å²) in [6.07, 6.45) is 1.27. The average molecular weight is 267 g/mol. The first kappa shape index (κ1) is 15.2. The van der Waals surface area contributed by atoms with Crippen molar-refractivity contribution in [1.82, 2.24) is 9.97 Å². The van der Waals surface area contributed by atoms with Crippen molar-refractivity contribution >= 4 is 17.5 Å². The maximum absolute atomic E-state index is 10.7. The summed E-state index contributed by atoms with van der Waals surface area (Å²) in [5.41, 5.74) is 5.09. The number of methoxy groups -OCH3 is 1. The number of nitrogens with zero attached hydrogens (tertiary/aromatic N) is 2. The zero-order valence-corrected chi connectivity index (χ0v) is 11.4. The molecule has 0 aliphatic rings. The van der Waals surface area contributed by atoms with E-state index in [1.807, 2.05) is 0 Å². The maximum atomic E-state index is 10.7. The summed E-state index contributed by atoms with van der Waals surface area (Å²) in [5.74, 6) is 1.64. The minimum atomic E-state index is -0.344. The molecular weight excluding hydrogens is 246 g/mol. The van der Waals surface area contributed by atoms with Crippen molar-refractivity contribution in [2.45, 2.75) is 26.4 Å². The van der Waals surface area contributed by atoms with Crippen LogP contribution in [0.2, 0.25) is 0 Å². The number of nitrogens with two attached hydrogens (primary N) is 1. The summed E-state index contributed by atoms with van der Waals surface area (Å²) in [6.45, 7) is 3.71. The lowest BCUT2D eigenvalue weighted by molar-refractivity contribution is -0.117. The number of ether oxygens (including phenoxy) is 1. The van der Waals surface area contributed by atoms with Crippen LogP contribution in [0.5, 0.6) is 0 Å². The van der Waals surface area contributed by atoms with Crippen LogP contribution in [-0.2, 0) is 16.1 Å². The fourth-order valence-electron chi connectivity index (χ4n) is 1.44. The topological polar surface area (TPSA) is 102 Å². The van der Waals surface area contributed by atoms with Gasteiger partial charge in [0.25, 0.3) is 0 Å². The molecule has 1 amide bonds. The minimum Gasteiger partial charge on any atom is -0.377 e. The molecule has 0 aromatic carbocycles. The van der Waals surface area contributed by atoms with Gasteiger partial charge < -0.3 is 21.1 Å². The van der Waals surface area contributed by atoms with E-state index in [2.05, 4.69) is 27.5 Å². The van der Waals surface area contributed by atoms with E-state index in [0.717, 1.165) is 18.8 Å². The maximum Gasteiger partial charge on any atom is 0.219 e.